The molecule has 2 aromatic heterocycles. The number of aromatic nitrogens is 4. The highest BCUT2D eigenvalue weighted by atomic mass is 19.2. The van der Waals surface area contributed by atoms with Gasteiger partial charge in [0.1, 0.15) is 23.9 Å². The lowest BCUT2D eigenvalue weighted by molar-refractivity contribution is -0.760. The summed E-state index contributed by atoms with van der Waals surface area (Å²) < 4.78 is 70.6. The molecule has 0 radical (unpaired) electrons. The number of rotatable bonds is 3. The second-order valence-corrected chi connectivity index (χ2v) is 10.5. The summed E-state index contributed by atoms with van der Waals surface area (Å²) in [7, 11) is 0. The number of nitrogens with zero attached hydrogens (tertiary/aromatic N) is 4. The van der Waals surface area contributed by atoms with E-state index < -0.39 is 53.3 Å². The first-order chi connectivity index (χ1) is 17.7. The zero-order valence-corrected chi connectivity index (χ0v) is 20.7. The predicted octanol–water partition coefficient (Wildman–Crippen LogP) is 3.74. The molecule has 5 heterocycles. The zero-order chi connectivity index (χ0) is 25.9. The maximum Gasteiger partial charge on any atom is 0.236 e. The van der Waals surface area contributed by atoms with Crippen LogP contribution >= 0.6 is 0 Å². The molecule has 3 aliphatic heterocycles. The lowest BCUT2D eigenvalue weighted by atomic mass is 9.84. The topological polar surface area (TPSA) is 71.5 Å². The van der Waals surface area contributed by atoms with Crippen molar-refractivity contribution in [3.8, 4) is 11.3 Å². The summed E-state index contributed by atoms with van der Waals surface area (Å²) in [6.45, 7) is 6.59. The zero-order valence-electron chi connectivity index (χ0n) is 20.7. The number of halogens is 3. The molecule has 0 amide bonds. The van der Waals surface area contributed by atoms with Crippen LogP contribution in [-0.4, -0.2) is 52.0 Å². The molecule has 1 spiro atoms. The van der Waals surface area contributed by atoms with Crippen LogP contribution in [-0.2, 0) is 18.9 Å². The van der Waals surface area contributed by atoms with Crippen LogP contribution in [0.4, 0.5) is 13.2 Å². The van der Waals surface area contributed by atoms with E-state index in [1.807, 2.05) is 49.0 Å². The molecule has 3 saturated heterocycles. The monoisotopic (exact) mass is 517 g/mol. The molecule has 196 valence electrons. The van der Waals surface area contributed by atoms with E-state index in [0.717, 1.165) is 12.1 Å². The average molecular weight is 518 g/mol. The van der Waals surface area contributed by atoms with Crippen LogP contribution in [0.25, 0.3) is 11.3 Å². The van der Waals surface area contributed by atoms with Crippen LogP contribution in [0.1, 0.15) is 39.3 Å². The SMILES string of the molecule is CC1CO[C@@]2(C1)O[C@@H]1COC(C)(C)O[C@@H]1[C@@H](n1cc(-c3cc(F)c(F)c(F)c3)nn1)[C@H]2[n+]1ccccc1. The van der Waals surface area contributed by atoms with Gasteiger partial charge < -0.3 is 18.9 Å². The molecular weight excluding hydrogens is 489 g/mol. The fourth-order valence-corrected chi connectivity index (χ4v) is 5.70. The molecule has 8 nitrogen and oxygen atoms in total. The fourth-order valence-electron chi connectivity index (χ4n) is 5.70. The number of pyridine rings is 1. The molecule has 0 N–H and O–H groups in total. The third kappa shape index (κ3) is 4.23. The fraction of sp³-hybridized carbons (Fsp3) is 0.500. The highest BCUT2D eigenvalue weighted by Crippen LogP contribution is 2.51. The van der Waals surface area contributed by atoms with E-state index in [2.05, 4.69) is 17.2 Å². The van der Waals surface area contributed by atoms with Crippen LogP contribution in [0, 0.1) is 23.4 Å². The van der Waals surface area contributed by atoms with Gasteiger partial charge in [0.15, 0.2) is 35.6 Å². The standard InChI is InChI=1S/C26H28F3N4O4/c1-15-11-26(35-13-15)24(32-7-5-4-6-8-32)22(23-20(36-26)14-34-25(2,3)37-23)33-12-19(30-31-33)16-9-17(27)21(29)18(28)10-16/h4-10,12,15,20,22-24H,11,13-14H2,1-3H3/q+1/t15?,20-,22-,23+,24-,26+/m1/s1. The molecule has 37 heavy (non-hydrogen) atoms. The second-order valence-electron chi connectivity index (χ2n) is 10.5. The Morgan fingerprint density at radius 2 is 1.73 bits per heavy atom. The van der Waals surface area contributed by atoms with Crippen LogP contribution in [0.5, 0.6) is 0 Å². The summed E-state index contributed by atoms with van der Waals surface area (Å²) in [4.78, 5) is 0. The number of benzene rings is 1. The van der Waals surface area contributed by atoms with Gasteiger partial charge in [-0.1, -0.05) is 18.2 Å². The highest BCUT2D eigenvalue weighted by molar-refractivity contribution is 5.57. The van der Waals surface area contributed by atoms with Crippen molar-refractivity contribution in [3.05, 3.63) is 66.4 Å². The predicted molar refractivity (Wildman–Crippen MR) is 122 cm³/mol. The lowest BCUT2D eigenvalue weighted by Gasteiger charge is -2.52. The van der Waals surface area contributed by atoms with Crippen LogP contribution in [0.2, 0.25) is 0 Å². The first-order valence-corrected chi connectivity index (χ1v) is 12.3. The molecule has 0 bridgehead atoms. The second kappa shape index (κ2) is 8.87. The van der Waals surface area contributed by atoms with E-state index in [9.17, 15) is 13.2 Å². The van der Waals surface area contributed by atoms with Crippen molar-refractivity contribution in [1.82, 2.24) is 15.0 Å². The first kappa shape index (κ1) is 24.5. The van der Waals surface area contributed by atoms with Gasteiger partial charge in [0, 0.05) is 24.1 Å². The average Bonchev–Trinajstić information content (AvgIpc) is 3.49. The van der Waals surface area contributed by atoms with E-state index in [4.69, 9.17) is 18.9 Å². The van der Waals surface area contributed by atoms with Crippen LogP contribution < -0.4 is 4.57 Å². The van der Waals surface area contributed by atoms with E-state index >= 15 is 0 Å². The van der Waals surface area contributed by atoms with Gasteiger partial charge >= 0.3 is 0 Å². The number of hydrogen-bond donors (Lipinski definition) is 0. The van der Waals surface area contributed by atoms with Gasteiger partial charge in [0.25, 0.3) is 0 Å². The Labute approximate surface area is 211 Å². The van der Waals surface area contributed by atoms with Crippen molar-refractivity contribution in [3.63, 3.8) is 0 Å². The van der Waals surface area contributed by atoms with Gasteiger partial charge in [-0.05, 0) is 31.9 Å². The van der Waals surface area contributed by atoms with Gasteiger partial charge in [-0.2, -0.15) is 4.57 Å². The summed E-state index contributed by atoms with van der Waals surface area (Å²) in [5.41, 5.74) is 0.266. The van der Waals surface area contributed by atoms with E-state index in [1.54, 1.807) is 10.9 Å². The Hall–Kier alpha value is -2.86. The van der Waals surface area contributed by atoms with Gasteiger partial charge in [-0.25, -0.2) is 17.9 Å². The molecule has 3 aromatic rings. The molecule has 11 heteroatoms. The quantitative estimate of drug-likeness (QED) is 0.390. The molecule has 3 fully saturated rings. The number of hydrogen-bond acceptors (Lipinski definition) is 6. The molecule has 6 rings (SSSR count). The maximum atomic E-state index is 14.0. The van der Waals surface area contributed by atoms with Gasteiger partial charge in [-0.15, -0.1) is 5.10 Å². The van der Waals surface area contributed by atoms with Crippen molar-refractivity contribution in [2.45, 2.75) is 63.1 Å². The summed E-state index contributed by atoms with van der Waals surface area (Å²) in [5.74, 6) is -5.74. The number of ether oxygens (including phenoxy) is 4. The Kier molecular flexibility index (Phi) is 5.86. The molecular formula is C26H28F3N4O4+. The van der Waals surface area contributed by atoms with E-state index in [1.165, 1.54) is 0 Å². The summed E-state index contributed by atoms with van der Waals surface area (Å²) in [6, 6.07) is 6.64. The van der Waals surface area contributed by atoms with Crippen molar-refractivity contribution < 1.29 is 36.7 Å². The normalized spacial score (nSPS) is 33.0. The minimum atomic E-state index is -1.53. The Balaban J connectivity index is 1.49. The van der Waals surface area contributed by atoms with Crippen LogP contribution in [0.15, 0.2) is 48.9 Å². The Morgan fingerprint density at radius 1 is 1.00 bits per heavy atom. The van der Waals surface area contributed by atoms with Crippen molar-refractivity contribution in [1.29, 1.82) is 0 Å². The third-order valence-electron chi connectivity index (χ3n) is 7.24. The van der Waals surface area contributed by atoms with Crippen molar-refractivity contribution in [2.24, 2.45) is 5.92 Å². The smallest absolute Gasteiger partial charge is 0.236 e. The Morgan fingerprint density at radius 3 is 2.41 bits per heavy atom. The molecule has 1 aromatic carbocycles. The minimum Gasteiger partial charge on any atom is -0.348 e. The summed E-state index contributed by atoms with van der Waals surface area (Å²) >= 11 is 0. The van der Waals surface area contributed by atoms with Gasteiger partial charge in [-0.3, -0.25) is 0 Å². The third-order valence-corrected chi connectivity index (χ3v) is 7.24. The van der Waals surface area contributed by atoms with Gasteiger partial charge in [0.2, 0.25) is 11.8 Å². The molecule has 0 aliphatic carbocycles. The van der Waals surface area contributed by atoms with E-state index in [0.29, 0.717) is 13.0 Å². The molecule has 1 unspecified atom stereocenters. The molecule has 6 atom stereocenters. The largest absolute Gasteiger partial charge is 0.348 e. The molecule has 3 aliphatic rings. The highest BCUT2D eigenvalue weighted by Gasteiger charge is 2.66. The summed E-state index contributed by atoms with van der Waals surface area (Å²) in [6.07, 6.45) is 5.12. The van der Waals surface area contributed by atoms with E-state index in [-0.39, 0.29) is 23.8 Å². The number of fused-ring (bicyclic) bond motifs is 1. The van der Waals surface area contributed by atoms with Crippen molar-refractivity contribution in [2.75, 3.05) is 13.2 Å². The first-order valence-electron chi connectivity index (χ1n) is 12.3. The Bertz CT molecular complexity index is 1280. The summed E-state index contributed by atoms with van der Waals surface area (Å²) in [5, 5.41) is 8.55. The minimum absolute atomic E-state index is 0.0730. The lowest BCUT2D eigenvalue weighted by Crippen LogP contribution is -2.69. The molecule has 0 saturated carbocycles. The van der Waals surface area contributed by atoms with Gasteiger partial charge in [0.05, 0.1) is 19.4 Å². The maximum absolute atomic E-state index is 14.0. The van der Waals surface area contributed by atoms with Crippen LogP contribution in [0.3, 0.4) is 0 Å². The van der Waals surface area contributed by atoms with Crippen molar-refractivity contribution >= 4 is 0 Å².